The first-order chi connectivity index (χ1) is 6.98. The van der Waals surface area contributed by atoms with E-state index in [-0.39, 0.29) is 11.8 Å². The van der Waals surface area contributed by atoms with Gasteiger partial charge in [-0.15, -0.1) is 12.3 Å². The summed E-state index contributed by atoms with van der Waals surface area (Å²) in [6.07, 6.45) is 7.81. The summed E-state index contributed by atoms with van der Waals surface area (Å²) in [4.78, 5) is 10.4. The Hall–Kier alpha value is -1.01. The Labute approximate surface area is 92.3 Å². The summed E-state index contributed by atoms with van der Waals surface area (Å²) < 4.78 is 0. The van der Waals surface area contributed by atoms with E-state index in [4.69, 9.17) is 11.5 Å². The minimum atomic E-state index is -0.719. The van der Waals surface area contributed by atoms with Crippen LogP contribution in [0.2, 0.25) is 0 Å². The molecule has 3 heteroatoms. The summed E-state index contributed by atoms with van der Waals surface area (Å²) in [7, 11) is 0. The van der Waals surface area contributed by atoms with Gasteiger partial charge in [-0.2, -0.15) is 0 Å². The largest absolute Gasteiger partial charge is 0.481 e. The maximum atomic E-state index is 10.4. The summed E-state index contributed by atoms with van der Waals surface area (Å²) in [5, 5.41) is 11.8. The van der Waals surface area contributed by atoms with Gasteiger partial charge >= 0.3 is 5.97 Å². The molecular formula is C12H21NO2. The van der Waals surface area contributed by atoms with Crippen molar-refractivity contribution >= 4 is 5.97 Å². The number of carbonyl (C=O) groups is 1. The lowest BCUT2D eigenvalue weighted by Crippen LogP contribution is -2.23. The van der Waals surface area contributed by atoms with E-state index in [1.54, 1.807) is 0 Å². The van der Waals surface area contributed by atoms with Gasteiger partial charge in [0.2, 0.25) is 0 Å². The van der Waals surface area contributed by atoms with Crippen molar-refractivity contribution in [2.24, 2.45) is 5.41 Å². The van der Waals surface area contributed by atoms with Gasteiger partial charge in [0.05, 0.1) is 0 Å². The zero-order valence-electron chi connectivity index (χ0n) is 9.68. The van der Waals surface area contributed by atoms with Gasteiger partial charge in [0.25, 0.3) is 0 Å². The molecule has 0 saturated carbocycles. The van der Waals surface area contributed by atoms with Gasteiger partial charge in [0.1, 0.15) is 0 Å². The molecule has 0 aromatic heterocycles. The van der Waals surface area contributed by atoms with Gasteiger partial charge in [-0.1, -0.05) is 13.8 Å². The van der Waals surface area contributed by atoms with E-state index in [0.717, 1.165) is 32.4 Å². The first-order valence-corrected chi connectivity index (χ1v) is 5.34. The third-order valence-electron chi connectivity index (χ3n) is 2.44. The minimum absolute atomic E-state index is 0.0849. The molecule has 0 aromatic rings. The highest BCUT2D eigenvalue weighted by Crippen LogP contribution is 2.25. The highest BCUT2D eigenvalue weighted by molar-refractivity contribution is 5.66. The monoisotopic (exact) mass is 211 g/mol. The van der Waals surface area contributed by atoms with Crippen molar-refractivity contribution in [2.75, 3.05) is 13.1 Å². The molecule has 3 nitrogen and oxygen atoms in total. The third-order valence-corrected chi connectivity index (χ3v) is 2.44. The molecule has 0 aliphatic heterocycles. The predicted octanol–water partition coefficient (Wildman–Crippen LogP) is 1.88. The fraction of sp³-hybridized carbons (Fsp3) is 0.750. The SMILES string of the molecule is C#CCCNCCC(C)(C)CCC(=O)O. The third kappa shape index (κ3) is 9.30. The Bertz CT molecular complexity index is 228. The summed E-state index contributed by atoms with van der Waals surface area (Å²) in [6.45, 7) is 5.93. The Balaban J connectivity index is 3.56. The van der Waals surface area contributed by atoms with Crippen LogP contribution in [-0.2, 0) is 4.79 Å². The van der Waals surface area contributed by atoms with Crippen LogP contribution in [0.1, 0.15) is 39.5 Å². The van der Waals surface area contributed by atoms with Crippen molar-refractivity contribution in [2.45, 2.75) is 39.5 Å². The van der Waals surface area contributed by atoms with E-state index in [1.807, 2.05) is 0 Å². The van der Waals surface area contributed by atoms with E-state index >= 15 is 0 Å². The summed E-state index contributed by atoms with van der Waals surface area (Å²) in [6, 6.07) is 0. The van der Waals surface area contributed by atoms with Crippen LogP contribution >= 0.6 is 0 Å². The van der Waals surface area contributed by atoms with Crippen molar-refractivity contribution in [3.63, 3.8) is 0 Å². The molecule has 0 aliphatic rings. The number of rotatable bonds is 8. The smallest absolute Gasteiger partial charge is 0.303 e. The first kappa shape index (κ1) is 14.0. The van der Waals surface area contributed by atoms with E-state index in [9.17, 15) is 4.79 Å². The average molecular weight is 211 g/mol. The van der Waals surface area contributed by atoms with Crippen LogP contribution in [0.3, 0.4) is 0 Å². The molecule has 15 heavy (non-hydrogen) atoms. The second-order valence-electron chi connectivity index (χ2n) is 4.51. The molecule has 86 valence electrons. The zero-order valence-corrected chi connectivity index (χ0v) is 9.68. The van der Waals surface area contributed by atoms with E-state index in [2.05, 4.69) is 25.1 Å². The average Bonchev–Trinajstić information content (AvgIpc) is 2.15. The first-order valence-electron chi connectivity index (χ1n) is 5.34. The van der Waals surface area contributed by atoms with Crippen LogP contribution in [0.15, 0.2) is 0 Å². The second kappa shape index (κ2) is 7.30. The number of hydrogen-bond acceptors (Lipinski definition) is 2. The molecule has 0 aliphatic carbocycles. The number of aliphatic carboxylic acids is 1. The van der Waals surface area contributed by atoms with Crippen LogP contribution in [0.5, 0.6) is 0 Å². The lowest BCUT2D eigenvalue weighted by Gasteiger charge is -2.23. The van der Waals surface area contributed by atoms with Crippen LogP contribution in [-0.4, -0.2) is 24.2 Å². The van der Waals surface area contributed by atoms with Crippen LogP contribution in [0.25, 0.3) is 0 Å². The second-order valence-corrected chi connectivity index (χ2v) is 4.51. The molecule has 0 spiro atoms. The molecule has 0 aromatic carbocycles. The zero-order chi connectivity index (χ0) is 11.7. The van der Waals surface area contributed by atoms with Gasteiger partial charge < -0.3 is 10.4 Å². The molecule has 0 bridgehead atoms. The van der Waals surface area contributed by atoms with Crippen LogP contribution in [0, 0.1) is 17.8 Å². The molecule has 0 unspecified atom stereocenters. The minimum Gasteiger partial charge on any atom is -0.481 e. The quantitative estimate of drug-likeness (QED) is 0.476. The normalized spacial score (nSPS) is 11.0. The molecule has 0 heterocycles. The van der Waals surface area contributed by atoms with Crippen molar-refractivity contribution in [1.29, 1.82) is 0 Å². The summed E-state index contributed by atoms with van der Waals surface area (Å²) in [5.41, 5.74) is 0.0849. The maximum Gasteiger partial charge on any atom is 0.303 e. The number of carboxylic acids is 1. The Morgan fingerprint density at radius 2 is 2.07 bits per heavy atom. The molecule has 0 radical (unpaired) electrons. The number of hydrogen-bond donors (Lipinski definition) is 2. The maximum absolute atomic E-state index is 10.4. The summed E-state index contributed by atoms with van der Waals surface area (Å²) in [5.74, 6) is 1.85. The highest BCUT2D eigenvalue weighted by atomic mass is 16.4. The molecular weight excluding hydrogens is 190 g/mol. The Kier molecular flexibility index (Phi) is 6.81. The van der Waals surface area contributed by atoms with Crippen molar-refractivity contribution < 1.29 is 9.90 Å². The lowest BCUT2D eigenvalue weighted by atomic mass is 9.84. The molecule has 2 N–H and O–H groups in total. The van der Waals surface area contributed by atoms with E-state index in [1.165, 1.54) is 0 Å². The van der Waals surface area contributed by atoms with Crippen molar-refractivity contribution in [1.82, 2.24) is 5.32 Å². The number of carboxylic acid groups (broad SMARTS) is 1. The van der Waals surface area contributed by atoms with Gasteiger partial charge in [0.15, 0.2) is 0 Å². The van der Waals surface area contributed by atoms with E-state index < -0.39 is 5.97 Å². The highest BCUT2D eigenvalue weighted by Gasteiger charge is 2.18. The summed E-state index contributed by atoms with van der Waals surface area (Å²) >= 11 is 0. The topological polar surface area (TPSA) is 49.3 Å². The molecule has 0 fully saturated rings. The van der Waals surface area contributed by atoms with Crippen molar-refractivity contribution in [3.05, 3.63) is 0 Å². The van der Waals surface area contributed by atoms with E-state index in [0.29, 0.717) is 0 Å². The van der Waals surface area contributed by atoms with Gasteiger partial charge in [0, 0.05) is 19.4 Å². The Morgan fingerprint density at radius 1 is 1.40 bits per heavy atom. The van der Waals surface area contributed by atoms with Crippen LogP contribution < -0.4 is 5.32 Å². The number of terminal acetylenes is 1. The van der Waals surface area contributed by atoms with Crippen LogP contribution in [0.4, 0.5) is 0 Å². The fourth-order valence-electron chi connectivity index (χ4n) is 1.28. The van der Waals surface area contributed by atoms with Gasteiger partial charge in [-0.05, 0) is 24.8 Å². The predicted molar refractivity (Wildman–Crippen MR) is 61.6 cm³/mol. The molecule has 0 rings (SSSR count). The molecule has 0 saturated heterocycles. The molecule has 0 amide bonds. The van der Waals surface area contributed by atoms with Gasteiger partial charge in [-0.25, -0.2) is 0 Å². The Morgan fingerprint density at radius 3 is 2.60 bits per heavy atom. The standard InChI is InChI=1S/C12H21NO2/c1-4-5-9-13-10-8-12(2,3)7-6-11(14)15/h1,13H,5-10H2,2-3H3,(H,14,15). The number of nitrogens with one attached hydrogen (secondary N) is 1. The lowest BCUT2D eigenvalue weighted by molar-refractivity contribution is -0.137. The van der Waals surface area contributed by atoms with Crippen molar-refractivity contribution in [3.8, 4) is 12.3 Å². The van der Waals surface area contributed by atoms with Gasteiger partial charge in [-0.3, -0.25) is 4.79 Å². The fourth-order valence-corrected chi connectivity index (χ4v) is 1.28. The molecule has 0 atom stereocenters.